The lowest BCUT2D eigenvalue weighted by molar-refractivity contribution is -0.116. The first-order valence-corrected chi connectivity index (χ1v) is 7.37. The van der Waals surface area contributed by atoms with E-state index in [0.29, 0.717) is 28.6 Å². The number of ether oxygens (including phenoxy) is 2. The SMILES string of the molecule is COc1cc(NC(=O)CCc2cccc(F)c2)c(OC)cc1Cl. The highest BCUT2D eigenvalue weighted by atomic mass is 35.5. The monoisotopic (exact) mass is 337 g/mol. The molecular weight excluding hydrogens is 321 g/mol. The second-order valence-corrected chi connectivity index (χ2v) is 5.27. The molecule has 0 bridgehead atoms. The van der Waals surface area contributed by atoms with Gasteiger partial charge in [-0.2, -0.15) is 0 Å². The van der Waals surface area contributed by atoms with E-state index in [1.807, 2.05) is 0 Å². The minimum Gasteiger partial charge on any atom is -0.495 e. The molecule has 23 heavy (non-hydrogen) atoms. The number of benzene rings is 2. The topological polar surface area (TPSA) is 47.6 Å². The van der Waals surface area contributed by atoms with Crippen molar-refractivity contribution in [2.24, 2.45) is 0 Å². The van der Waals surface area contributed by atoms with Crippen LogP contribution < -0.4 is 14.8 Å². The molecule has 122 valence electrons. The van der Waals surface area contributed by atoms with Gasteiger partial charge in [0.1, 0.15) is 17.3 Å². The van der Waals surface area contributed by atoms with Crippen molar-refractivity contribution >= 4 is 23.2 Å². The van der Waals surface area contributed by atoms with Crippen molar-refractivity contribution in [2.45, 2.75) is 12.8 Å². The van der Waals surface area contributed by atoms with Gasteiger partial charge in [0, 0.05) is 18.6 Å². The third-order valence-corrected chi connectivity index (χ3v) is 3.57. The normalized spacial score (nSPS) is 10.3. The number of carbonyl (C=O) groups is 1. The van der Waals surface area contributed by atoms with Crippen LogP contribution in [0.15, 0.2) is 36.4 Å². The van der Waals surface area contributed by atoms with E-state index in [-0.39, 0.29) is 18.1 Å². The van der Waals surface area contributed by atoms with E-state index < -0.39 is 0 Å². The predicted molar refractivity (Wildman–Crippen MR) is 87.9 cm³/mol. The number of anilines is 1. The molecule has 0 unspecified atom stereocenters. The van der Waals surface area contributed by atoms with E-state index >= 15 is 0 Å². The van der Waals surface area contributed by atoms with Crippen molar-refractivity contribution in [3.63, 3.8) is 0 Å². The number of carbonyl (C=O) groups excluding carboxylic acids is 1. The van der Waals surface area contributed by atoms with Crippen LogP contribution in [-0.2, 0) is 11.2 Å². The predicted octanol–water partition coefficient (Wildman–Crippen LogP) is 4.07. The van der Waals surface area contributed by atoms with Gasteiger partial charge in [0.25, 0.3) is 0 Å². The van der Waals surface area contributed by atoms with Gasteiger partial charge < -0.3 is 14.8 Å². The molecule has 0 heterocycles. The molecule has 0 saturated carbocycles. The number of hydrogen-bond donors (Lipinski definition) is 1. The molecule has 2 aromatic rings. The molecule has 0 atom stereocenters. The number of nitrogens with one attached hydrogen (secondary N) is 1. The first kappa shape index (κ1) is 17.1. The van der Waals surface area contributed by atoms with Crippen molar-refractivity contribution in [3.8, 4) is 11.5 Å². The zero-order chi connectivity index (χ0) is 16.8. The maximum atomic E-state index is 13.1. The Labute approximate surface area is 139 Å². The van der Waals surface area contributed by atoms with E-state index in [9.17, 15) is 9.18 Å². The molecule has 0 aliphatic carbocycles. The van der Waals surface area contributed by atoms with Gasteiger partial charge in [-0.3, -0.25) is 4.79 Å². The molecular formula is C17H17ClFNO3. The summed E-state index contributed by atoms with van der Waals surface area (Å²) in [5.74, 6) is 0.353. The highest BCUT2D eigenvalue weighted by Gasteiger charge is 2.12. The molecule has 6 heteroatoms. The fourth-order valence-corrected chi connectivity index (χ4v) is 2.35. The summed E-state index contributed by atoms with van der Waals surface area (Å²) in [6, 6.07) is 9.36. The maximum absolute atomic E-state index is 13.1. The highest BCUT2D eigenvalue weighted by molar-refractivity contribution is 6.32. The first-order valence-electron chi connectivity index (χ1n) is 6.99. The Morgan fingerprint density at radius 3 is 2.57 bits per heavy atom. The lowest BCUT2D eigenvalue weighted by Gasteiger charge is -2.13. The molecule has 0 radical (unpaired) electrons. The van der Waals surface area contributed by atoms with Crippen molar-refractivity contribution in [3.05, 3.63) is 52.8 Å². The smallest absolute Gasteiger partial charge is 0.224 e. The van der Waals surface area contributed by atoms with Crippen LogP contribution in [0.5, 0.6) is 11.5 Å². The largest absolute Gasteiger partial charge is 0.495 e. The summed E-state index contributed by atoms with van der Waals surface area (Å²) in [5.41, 5.74) is 1.23. The Bertz CT molecular complexity index is 706. The van der Waals surface area contributed by atoms with Gasteiger partial charge in [0.2, 0.25) is 5.91 Å². The third kappa shape index (κ3) is 4.60. The molecule has 4 nitrogen and oxygen atoms in total. The zero-order valence-corrected chi connectivity index (χ0v) is 13.6. The first-order chi connectivity index (χ1) is 11.0. The quantitative estimate of drug-likeness (QED) is 0.864. The number of rotatable bonds is 6. The van der Waals surface area contributed by atoms with Crippen LogP contribution in [0, 0.1) is 5.82 Å². The lowest BCUT2D eigenvalue weighted by Crippen LogP contribution is -2.13. The molecule has 0 aromatic heterocycles. The van der Waals surface area contributed by atoms with Gasteiger partial charge in [0.15, 0.2) is 0 Å². The molecule has 0 fully saturated rings. The van der Waals surface area contributed by atoms with Gasteiger partial charge >= 0.3 is 0 Å². The van der Waals surface area contributed by atoms with Crippen molar-refractivity contribution in [1.82, 2.24) is 0 Å². The van der Waals surface area contributed by atoms with Gasteiger partial charge in [-0.25, -0.2) is 4.39 Å². The minimum atomic E-state index is -0.313. The Morgan fingerprint density at radius 2 is 1.91 bits per heavy atom. The molecule has 2 aromatic carbocycles. The standard InChI is InChI=1S/C17H17ClFNO3/c1-22-15-10-14(16(23-2)9-13(15)18)20-17(21)7-6-11-4-3-5-12(19)8-11/h3-5,8-10H,6-7H2,1-2H3,(H,20,21). The molecule has 0 aliphatic rings. The van der Waals surface area contributed by atoms with Crippen LogP contribution in [0.1, 0.15) is 12.0 Å². The van der Waals surface area contributed by atoms with Crippen LogP contribution in [0.4, 0.5) is 10.1 Å². The van der Waals surface area contributed by atoms with Crippen LogP contribution >= 0.6 is 11.6 Å². The average molecular weight is 338 g/mol. The van der Waals surface area contributed by atoms with Crippen LogP contribution in [0.25, 0.3) is 0 Å². The van der Waals surface area contributed by atoms with Gasteiger partial charge in [-0.15, -0.1) is 0 Å². The summed E-state index contributed by atoms with van der Waals surface area (Å²) in [6.07, 6.45) is 0.661. The van der Waals surface area contributed by atoms with E-state index in [0.717, 1.165) is 5.56 Å². The van der Waals surface area contributed by atoms with Gasteiger partial charge in [-0.1, -0.05) is 23.7 Å². The molecule has 0 aliphatic heterocycles. The fourth-order valence-electron chi connectivity index (χ4n) is 2.12. The van der Waals surface area contributed by atoms with Crippen molar-refractivity contribution < 1.29 is 18.7 Å². The highest BCUT2D eigenvalue weighted by Crippen LogP contribution is 2.35. The number of halogens is 2. The second-order valence-electron chi connectivity index (χ2n) is 4.87. The molecule has 1 amide bonds. The molecule has 0 saturated heterocycles. The van der Waals surface area contributed by atoms with E-state index in [1.165, 1.54) is 26.4 Å². The lowest BCUT2D eigenvalue weighted by atomic mass is 10.1. The summed E-state index contributed by atoms with van der Waals surface area (Å²) in [5, 5.41) is 3.14. The number of hydrogen-bond acceptors (Lipinski definition) is 3. The van der Waals surface area contributed by atoms with Crippen LogP contribution in [-0.4, -0.2) is 20.1 Å². The van der Waals surface area contributed by atoms with E-state index in [4.69, 9.17) is 21.1 Å². The zero-order valence-electron chi connectivity index (χ0n) is 12.9. The van der Waals surface area contributed by atoms with E-state index in [1.54, 1.807) is 24.3 Å². The van der Waals surface area contributed by atoms with Crippen molar-refractivity contribution in [1.29, 1.82) is 0 Å². The van der Waals surface area contributed by atoms with E-state index in [2.05, 4.69) is 5.32 Å². The summed E-state index contributed by atoms with van der Waals surface area (Å²) in [4.78, 5) is 12.1. The number of methoxy groups -OCH3 is 2. The molecule has 1 N–H and O–H groups in total. The Kier molecular flexibility index (Phi) is 5.82. The van der Waals surface area contributed by atoms with Crippen LogP contribution in [0.2, 0.25) is 5.02 Å². The van der Waals surface area contributed by atoms with Gasteiger partial charge in [-0.05, 0) is 24.1 Å². The number of aryl methyl sites for hydroxylation is 1. The third-order valence-electron chi connectivity index (χ3n) is 3.28. The summed E-state index contributed by atoms with van der Waals surface area (Å²) in [7, 11) is 2.98. The Balaban J connectivity index is 2.05. The summed E-state index contributed by atoms with van der Waals surface area (Å²) in [6.45, 7) is 0. The average Bonchev–Trinajstić information content (AvgIpc) is 2.54. The fraction of sp³-hybridized carbons (Fsp3) is 0.235. The number of amides is 1. The summed E-state index contributed by atoms with van der Waals surface area (Å²) < 4.78 is 23.4. The second kappa shape index (κ2) is 7.83. The minimum absolute atomic E-state index is 0.211. The Hall–Kier alpha value is -2.27. The maximum Gasteiger partial charge on any atom is 0.224 e. The molecule has 2 rings (SSSR count). The molecule has 0 spiro atoms. The van der Waals surface area contributed by atoms with Crippen LogP contribution in [0.3, 0.4) is 0 Å². The summed E-state index contributed by atoms with van der Waals surface area (Å²) >= 11 is 6.02. The van der Waals surface area contributed by atoms with Gasteiger partial charge in [0.05, 0.1) is 24.9 Å². The Morgan fingerprint density at radius 1 is 1.17 bits per heavy atom. The van der Waals surface area contributed by atoms with Crippen molar-refractivity contribution in [2.75, 3.05) is 19.5 Å².